The van der Waals surface area contributed by atoms with Gasteiger partial charge in [0, 0.05) is 31.2 Å². The van der Waals surface area contributed by atoms with E-state index in [1.54, 1.807) is 29.2 Å². The van der Waals surface area contributed by atoms with Crippen molar-refractivity contribution < 1.29 is 4.79 Å². The third kappa shape index (κ3) is 2.66. The van der Waals surface area contributed by atoms with Crippen LogP contribution in [0.15, 0.2) is 30.9 Å². The van der Waals surface area contributed by atoms with Crippen molar-refractivity contribution in [3.63, 3.8) is 0 Å². The highest BCUT2D eigenvalue weighted by molar-refractivity contribution is 5.99. The van der Waals surface area contributed by atoms with Gasteiger partial charge in [0.25, 0.3) is 5.91 Å². The minimum Gasteiger partial charge on any atom is -0.338 e. The van der Waals surface area contributed by atoms with Gasteiger partial charge in [-0.15, -0.1) is 0 Å². The van der Waals surface area contributed by atoms with Crippen LogP contribution >= 0.6 is 0 Å². The van der Waals surface area contributed by atoms with Crippen molar-refractivity contribution in [1.82, 2.24) is 29.7 Å². The topological polar surface area (TPSA) is 79.2 Å². The SMILES string of the molecule is Cc1cn[nH]c1CC1CCCN(C(=O)c2cnn3cccnc23)C1. The molecule has 0 aromatic carbocycles. The summed E-state index contributed by atoms with van der Waals surface area (Å²) < 4.78 is 1.64. The van der Waals surface area contributed by atoms with Gasteiger partial charge in [-0.3, -0.25) is 9.89 Å². The van der Waals surface area contributed by atoms with Crippen molar-refractivity contribution in [2.75, 3.05) is 13.1 Å². The molecule has 1 atom stereocenters. The molecule has 7 nitrogen and oxygen atoms in total. The van der Waals surface area contributed by atoms with E-state index in [9.17, 15) is 4.79 Å². The van der Waals surface area contributed by atoms with Crippen LogP contribution in [0.3, 0.4) is 0 Å². The zero-order chi connectivity index (χ0) is 16.5. The second kappa shape index (κ2) is 6.07. The number of likely N-dealkylation sites (tertiary alicyclic amines) is 1. The van der Waals surface area contributed by atoms with Gasteiger partial charge in [-0.25, -0.2) is 9.50 Å². The first-order chi connectivity index (χ1) is 11.7. The number of aromatic amines is 1. The summed E-state index contributed by atoms with van der Waals surface area (Å²) in [5, 5.41) is 11.4. The van der Waals surface area contributed by atoms with E-state index in [0.717, 1.165) is 32.4 Å². The molecule has 0 radical (unpaired) electrons. The summed E-state index contributed by atoms with van der Waals surface area (Å²) in [4.78, 5) is 19.1. The smallest absolute Gasteiger partial charge is 0.259 e. The Morgan fingerprint density at radius 1 is 1.42 bits per heavy atom. The van der Waals surface area contributed by atoms with Crippen LogP contribution in [0.1, 0.15) is 34.5 Å². The molecule has 0 spiro atoms. The van der Waals surface area contributed by atoms with Crippen molar-refractivity contribution in [1.29, 1.82) is 0 Å². The van der Waals surface area contributed by atoms with E-state index in [0.29, 0.717) is 17.1 Å². The van der Waals surface area contributed by atoms with E-state index in [1.807, 2.05) is 11.1 Å². The van der Waals surface area contributed by atoms with Crippen LogP contribution in [0.2, 0.25) is 0 Å². The fourth-order valence-corrected chi connectivity index (χ4v) is 3.43. The Morgan fingerprint density at radius 2 is 2.33 bits per heavy atom. The van der Waals surface area contributed by atoms with Crippen LogP contribution in [0.5, 0.6) is 0 Å². The molecule has 1 amide bonds. The Bertz CT molecular complexity index is 867. The Kier molecular flexibility index (Phi) is 3.76. The zero-order valence-corrected chi connectivity index (χ0v) is 13.6. The normalized spacial score (nSPS) is 18.2. The number of aromatic nitrogens is 5. The highest BCUT2D eigenvalue weighted by Crippen LogP contribution is 2.23. The van der Waals surface area contributed by atoms with Crippen molar-refractivity contribution in [2.45, 2.75) is 26.2 Å². The van der Waals surface area contributed by atoms with Gasteiger partial charge in [0.05, 0.1) is 12.4 Å². The van der Waals surface area contributed by atoms with E-state index in [2.05, 4.69) is 27.2 Å². The molecule has 1 aliphatic rings. The molecule has 3 aromatic rings. The summed E-state index contributed by atoms with van der Waals surface area (Å²) in [7, 11) is 0. The summed E-state index contributed by atoms with van der Waals surface area (Å²) >= 11 is 0. The van der Waals surface area contributed by atoms with Gasteiger partial charge in [-0.05, 0) is 43.7 Å². The van der Waals surface area contributed by atoms with E-state index in [1.165, 1.54) is 11.3 Å². The lowest BCUT2D eigenvalue weighted by Crippen LogP contribution is -2.40. The number of rotatable bonds is 3. The molecule has 7 heteroatoms. The molecule has 1 aliphatic heterocycles. The van der Waals surface area contributed by atoms with Crippen LogP contribution in [-0.2, 0) is 6.42 Å². The number of H-pyrrole nitrogens is 1. The summed E-state index contributed by atoms with van der Waals surface area (Å²) in [6.07, 6.45) is 10.1. The van der Waals surface area contributed by atoms with Gasteiger partial charge in [0.1, 0.15) is 5.56 Å². The molecular formula is C17H20N6O. The molecule has 0 aliphatic carbocycles. The third-order valence-electron chi connectivity index (χ3n) is 4.74. The second-order valence-electron chi connectivity index (χ2n) is 6.44. The summed E-state index contributed by atoms with van der Waals surface area (Å²) in [6, 6.07) is 1.80. The number of carbonyl (C=O) groups excluding carboxylic acids is 1. The molecule has 1 N–H and O–H groups in total. The van der Waals surface area contributed by atoms with Gasteiger partial charge < -0.3 is 4.90 Å². The maximum Gasteiger partial charge on any atom is 0.259 e. The number of fused-ring (bicyclic) bond motifs is 1. The highest BCUT2D eigenvalue weighted by Gasteiger charge is 2.27. The lowest BCUT2D eigenvalue weighted by atomic mass is 9.92. The predicted molar refractivity (Wildman–Crippen MR) is 88.6 cm³/mol. The van der Waals surface area contributed by atoms with Gasteiger partial charge >= 0.3 is 0 Å². The minimum absolute atomic E-state index is 0.0229. The van der Waals surface area contributed by atoms with Gasteiger partial charge in [-0.1, -0.05) is 0 Å². The maximum absolute atomic E-state index is 12.9. The number of carbonyl (C=O) groups is 1. The van der Waals surface area contributed by atoms with Crippen LogP contribution in [0.25, 0.3) is 5.65 Å². The van der Waals surface area contributed by atoms with Crippen molar-refractivity contribution in [2.24, 2.45) is 5.92 Å². The fraction of sp³-hybridized carbons (Fsp3) is 0.412. The molecule has 0 saturated carbocycles. The van der Waals surface area contributed by atoms with Crippen LogP contribution < -0.4 is 0 Å². The zero-order valence-electron chi connectivity index (χ0n) is 13.6. The van der Waals surface area contributed by atoms with Gasteiger partial charge in [-0.2, -0.15) is 10.2 Å². The second-order valence-corrected chi connectivity index (χ2v) is 6.44. The van der Waals surface area contributed by atoms with Crippen molar-refractivity contribution in [3.8, 4) is 0 Å². The molecule has 1 unspecified atom stereocenters. The lowest BCUT2D eigenvalue weighted by Gasteiger charge is -2.32. The number of piperidine rings is 1. The molecule has 124 valence electrons. The summed E-state index contributed by atoms with van der Waals surface area (Å²) in [5.41, 5.74) is 3.56. The van der Waals surface area contributed by atoms with E-state index >= 15 is 0 Å². The monoisotopic (exact) mass is 324 g/mol. The Balaban J connectivity index is 1.51. The molecular weight excluding hydrogens is 304 g/mol. The molecule has 3 aromatic heterocycles. The van der Waals surface area contributed by atoms with Crippen molar-refractivity contribution in [3.05, 3.63) is 47.7 Å². The van der Waals surface area contributed by atoms with E-state index in [4.69, 9.17) is 0 Å². The first-order valence-corrected chi connectivity index (χ1v) is 8.29. The Labute approximate surface area is 139 Å². The van der Waals surface area contributed by atoms with Crippen LogP contribution in [0, 0.1) is 12.8 Å². The maximum atomic E-state index is 12.9. The standard InChI is InChI=1S/C17H20N6O/c1-12-9-19-21-15(12)8-13-4-2-6-22(11-13)17(24)14-10-20-23-7-3-5-18-16(14)23/h3,5,7,9-10,13H,2,4,6,8,11H2,1H3,(H,19,21). The molecule has 1 saturated heterocycles. The number of nitrogens with one attached hydrogen (secondary N) is 1. The quantitative estimate of drug-likeness (QED) is 0.797. The molecule has 24 heavy (non-hydrogen) atoms. The van der Waals surface area contributed by atoms with Crippen LogP contribution in [-0.4, -0.2) is 48.7 Å². The van der Waals surface area contributed by atoms with E-state index in [-0.39, 0.29) is 5.91 Å². The number of amides is 1. The Morgan fingerprint density at radius 3 is 3.17 bits per heavy atom. The van der Waals surface area contributed by atoms with Gasteiger partial charge in [0.2, 0.25) is 0 Å². The van der Waals surface area contributed by atoms with Gasteiger partial charge in [0.15, 0.2) is 5.65 Å². The summed E-state index contributed by atoms with van der Waals surface area (Å²) in [5.74, 6) is 0.478. The highest BCUT2D eigenvalue weighted by atomic mass is 16.2. The average molecular weight is 324 g/mol. The number of aryl methyl sites for hydroxylation is 1. The lowest BCUT2D eigenvalue weighted by molar-refractivity contribution is 0.0674. The van der Waals surface area contributed by atoms with E-state index < -0.39 is 0 Å². The molecule has 0 bridgehead atoms. The first kappa shape index (κ1) is 14.9. The number of hydrogen-bond acceptors (Lipinski definition) is 4. The third-order valence-corrected chi connectivity index (χ3v) is 4.74. The number of hydrogen-bond donors (Lipinski definition) is 1. The first-order valence-electron chi connectivity index (χ1n) is 8.29. The average Bonchev–Trinajstić information content (AvgIpc) is 3.21. The predicted octanol–water partition coefficient (Wildman–Crippen LogP) is 1.86. The van der Waals surface area contributed by atoms with Crippen LogP contribution in [0.4, 0.5) is 0 Å². The molecule has 1 fully saturated rings. The molecule has 4 rings (SSSR count). The fourth-order valence-electron chi connectivity index (χ4n) is 3.43. The molecule has 4 heterocycles. The Hall–Kier alpha value is -2.70. The minimum atomic E-state index is 0.0229. The largest absolute Gasteiger partial charge is 0.338 e. The van der Waals surface area contributed by atoms with Crippen molar-refractivity contribution >= 4 is 11.6 Å². The number of nitrogens with zero attached hydrogens (tertiary/aromatic N) is 5. The summed E-state index contributed by atoms with van der Waals surface area (Å²) in [6.45, 7) is 3.62.